The molecule has 1 atom stereocenters. The molecule has 32 heavy (non-hydrogen) atoms. The molecule has 0 aliphatic rings. The summed E-state index contributed by atoms with van der Waals surface area (Å²) >= 11 is 12.5. The van der Waals surface area contributed by atoms with Gasteiger partial charge in [0.25, 0.3) is 5.91 Å². The Morgan fingerprint density at radius 3 is 2.50 bits per heavy atom. The number of carbonyl (C=O) groups is 2. The molecule has 174 valence electrons. The van der Waals surface area contributed by atoms with Crippen LogP contribution in [-0.4, -0.2) is 69.1 Å². The van der Waals surface area contributed by atoms with Gasteiger partial charge in [0.05, 0.1) is 24.4 Å². The number of nitrogens with one attached hydrogen (secondary N) is 1. The smallest absolute Gasteiger partial charge is 0.328 e. The average molecular weight is 485 g/mol. The molecule has 0 spiro atoms. The van der Waals surface area contributed by atoms with Gasteiger partial charge in [-0.25, -0.2) is 4.79 Å². The molecule has 0 saturated carbocycles. The Morgan fingerprint density at radius 2 is 1.88 bits per heavy atom. The number of rotatable bonds is 11. The molecule has 1 unspecified atom stereocenters. The normalized spacial score (nSPS) is 11.8. The number of carbonyl (C=O) groups excluding carboxylic acids is 2. The zero-order chi connectivity index (χ0) is 23.7. The van der Waals surface area contributed by atoms with Gasteiger partial charge < -0.3 is 24.6 Å². The van der Waals surface area contributed by atoms with E-state index in [9.17, 15) is 14.7 Å². The van der Waals surface area contributed by atoms with Crippen LogP contribution in [0.4, 0.5) is 0 Å². The number of amides is 1. The highest BCUT2D eigenvalue weighted by Gasteiger charge is 2.26. The summed E-state index contributed by atoms with van der Waals surface area (Å²) in [5, 5.41) is 12.9. The number of ether oxygens (including phenoxy) is 3. The maximum Gasteiger partial charge on any atom is 0.328 e. The molecular weight excluding hydrogens is 459 g/mol. The van der Waals surface area contributed by atoms with Crippen LogP contribution in [0.2, 0.25) is 10.0 Å². The van der Waals surface area contributed by atoms with Crippen molar-refractivity contribution in [1.82, 2.24) is 10.2 Å². The highest BCUT2D eigenvalue weighted by molar-refractivity contribution is 6.39. The lowest BCUT2D eigenvalue weighted by atomic mass is 10.1. The van der Waals surface area contributed by atoms with Crippen LogP contribution < -0.4 is 10.1 Å². The first-order valence-corrected chi connectivity index (χ1v) is 10.5. The molecule has 2 aromatic carbocycles. The maximum atomic E-state index is 12.8. The van der Waals surface area contributed by atoms with E-state index < -0.39 is 23.7 Å². The molecule has 10 heteroatoms. The molecule has 2 rings (SSSR count). The number of esters is 1. The number of phenols is 1. The van der Waals surface area contributed by atoms with Crippen LogP contribution in [0.3, 0.4) is 0 Å². The van der Waals surface area contributed by atoms with Crippen LogP contribution in [0.15, 0.2) is 36.4 Å². The van der Waals surface area contributed by atoms with Crippen molar-refractivity contribution in [2.75, 3.05) is 41.1 Å². The van der Waals surface area contributed by atoms with Crippen LogP contribution in [0.1, 0.15) is 15.9 Å². The number of aromatic hydroxyl groups is 1. The molecule has 0 aliphatic carbocycles. The van der Waals surface area contributed by atoms with Gasteiger partial charge in [-0.3, -0.25) is 9.69 Å². The van der Waals surface area contributed by atoms with Crippen molar-refractivity contribution in [3.63, 3.8) is 0 Å². The summed E-state index contributed by atoms with van der Waals surface area (Å²) in [4.78, 5) is 26.9. The Morgan fingerprint density at radius 1 is 1.19 bits per heavy atom. The van der Waals surface area contributed by atoms with Gasteiger partial charge in [0, 0.05) is 20.1 Å². The fraction of sp³-hybridized carbons (Fsp3) is 0.364. The fourth-order valence-electron chi connectivity index (χ4n) is 2.91. The van der Waals surface area contributed by atoms with Gasteiger partial charge in [-0.1, -0.05) is 53.5 Å². The van der Waals surface area contributed by atoms with Gasteiger partial charge in [0.2, 0.25) is 0 Å². The van der Waals surface area contributed by atoms with E-state index in [1.54, 1.807) is 7.11 Å². The van der Waals surface area contributed by atoms with E-state index in [-0.39, 0.29) is 34.4 Å². The van der Waals surface area contributed by atoms with Crippen molar-refractivity contribution < 1.29 is 28.9 Å². The summed E-state index contributed by atoms with van der Waals surface area (Å²) in [6.07, 6.45) is 0.206. The topological polar surface area (TPSA) is 97.3 Å². The SMILES string of the molecule is COCN(C)CCOc1c(Cl)cc(C(=O)NC(Cc2ccccc2)C(=O)OC)c(O)c1Cl. The van der Waals surface area contributed by atoms with Crippen molar-refractivity contribution in [3.05, 3.63) is 57.6 Å². The van der Waals surface area contributed by atoms with Crippen molar-refractivity contribution in [3.8, 4) is 11.5 Å². The molecular formula is C22H26Cl2N2O6. The zero-order valence-corrected chi connectivity index (χ0v) is 19.6. The number of methoxy groups -OCH3 is 2. The Labute approximate surface area is 197 Å². The van der Waals surface area contributed by atoms with E-state index in [2.05, 4.69) is 5.32 Å². The maximum absolute atomic E-state index is 12.8. The number of benzene rings is 2. The van der Waals surface area contributed by atoms with Crippen LogP contribution >= 0.6 is 23.2 Å². The van der Waals surface area contributed by atoms with Crippen molar-refractivity contribution in [2.45, 2.75) is 12.5 Å². The molecule has 0 heterocycles. The fourth-order valence-corrected chi connectivity index (χ4v) is 3.47. The number of hydrogen-bond donors (Lipinski definition) is 2. The molecule has 0 aliphatic heterocycles. The highest BCUT2D eigenvalue weighted by Crippen LogP contribution is 2.42. The van der Waals surface area contributed by atoms with Gasteiger partial charge >= 0.3 is 5.97 Å². The van der Waals surface area contributed by atoms with Gasteiger partial charge in [0.15, 0.2) is 11.5 Å². The minimum absolute atomic E-state index is 0.0463. The lowest BCUT2D eigenvalue weighted by molar-refractivity contribution is -0.142. The first-order chi connectivity index (χ1) is 15.3. The second-order valence-electron chi connectivity index (χ2n) is 6.98. The zero-order valence-electron chi connectivity index (χ0n) is 18.1. The van der Waals surface area contributed by atoms with E-state index in [0.717, 1.165) is 5.56 Å². The van der Waals surface area contributed by atoms with Crippen LogP contribution in [-0.2, 0) is 20.7 Å². The third-order valence-electron chi connectivity index (χ3n) is 4.54. The molecule has 0 radical (unpaired) electrons. The van der Waals surface area contributed by atoms with Gasteiger partial charge in [-0.15, -0.1) is 0 Å². The molecule has 1 amide bonds. The van der Waals surface area contributed by atoms with E-state index in [4.69, 9.17) is 37.4 Å². The standard InChI is InChI=1S/C22H26Cl2N2O6/c1-26(13-30-2)9-10-32-20-16(23)12-15(19(27)18(20)24)21(28)25-17(22(29)31-3)11-14-7-5-4-6-8-14/h4-8,12,17,27H,9-11,13H2,1-3H3,(H,25,28). The summed E-state index contributed by atoms with van der Waals surface area (Å²) in [6.45, 7) is 1.16. The summed E-state index contributed by atoms with van der Waals surface area (Å²) in [7, 11) is 4.65. The van der Waals surface area contributed by atoms with Gasteiger partial charge in [-0.05, 0) is 18.7 Å². The first-order valence-electron chi connectivity index (χ1n) is 9.72. The minimum atomic E-state index is -0.973. The third-order valence-corrected chi connectivity index (χ3v) is 5.17. The number of halogens is 2. The summed E-state index contributed by atoms with van der Waals surface area (Å²) < 4.78 is 15.4. The second kappa shape index (κ2) is 12.5. The second-order valence-corrected chi connectivity index (χ2v) is 7.77. The Kier molecular flexibility index (Phi) is 10.1. The van der Waals surface area contributed by atoms with Gasteiger partial charge in [-0.2, -0.15) is 0 Å². The lowest BCUT2D eigenvalue weighted by Gasteiger charge is -2.19. The van der Waals surface area contributed by atoms with Crippen molar-refractivity contribution in [2.24, 2.45) is 0 Å². The Balaban J connectivity index is 2.16. The number of hydrogen-bond acceptors (Lipinski definition) is 7. The Bertz CT molecular complexity index is 926. The predicted molar refractivity (Wildman–Crippen MR) is 122 cm³/mol. The molecule has 2 N–H and O–H groups in total. The first kappa shape index (κ1) is 25.7. The summed E-state index contributed by atoms with van der Waals surface area (Å²) in [5.74, 6) is -1.80. The number of likely N-dealkylation sites (N-methyl/N-ethyl adjacent to an activating group) is 1. The number of nitrogens with zero attached hydrogens (tertiary/aromatic N) is 1. The number of phenolic OH excluding ortho intramolecular Hbond substituents is 1. The van der Waals surface area contributed by atoms with Gasteiger partial charge in [0.1, 0.15) is 17.7 Å². The quantitative estimate of drug-likeness (QED) is 0.373. The van der Waals surface area contributed by atoms with E-state index in [0.29, 0.717) is 13.3 Å². The highest BCUT2D eigenvalue weighted by atomic mass is 35.5. The van der Waals surface area contributed by atoms with E-state index in [1.807, 2.05) is 42.3 Å². The van der Waals surface area contributed by atoms with Crippen molar-refractivity contribution in [1.29, 1.82) is 0 Å². The lowest BCUT2D eigenvalue weighted by Crippen LogP contribution is -2.43. The molecule has 2 aromatic rings. The monoisotopic (exact) mass is 484 g/mol. The summed E-state index contributed by atoms with van der Waals surface area (Å²) in [6, 6.07) is 9.40. The predicted octanol–water partition coefficient (Wildman–Crippen LogP) is 3.13. The molecule has 0 fully saturated rings. The molecule has 8 nitrogen and oxygen atoms in total. The van der Waals surface area contributed by atoms with E-state index in [1.165, 1.54) is 13.2 Å². The average Bonchev–Trinajstić information content (AvgIpc) is 2.78. The van der Waals surface area contributed by atoms with Crippen LogP contribution in [0, 0.1) is 0 Å². The van der Waals surface area contributed by atoms with Crippen LogP contribution in [0.5, 0.6) is 11.5 Å². The molecule has 0 aromatic heterocycles. The molecule has 0 bridgehead atoms. The molecule has 0 saturated heterocycles. The largest absolute Gasteiger partial charge is 0.505 e. The summed E-state index contributed by atoms with van der Waals surface area (Å²) in [5.41, 5.74) is 0.636. The van der Waals surface area contributed by atoms with Crippen molar-refractivity contribution >= 4 is 35.1 Å². The van der Waals surface area contributed by atoms with E-state index >= 15 is 0 Å². The third kappa shape index (κ3) is 7.00. The Hall–Kier alpha value is -2.52. The van der Waals surface area contributed by atoms with Crippen LogP contribution in [0.25, 0.3) is 0 Å². The minimum Gasteiger partial charge on any atom is -0.505 e.